The number of amides is 1. The number of aromatic nitrogens is 1. The number of carbonyl (C=O) groups is 1. The normalized spacial score (nSPS) is 17.2. The molecule has 1 aromatic heterocycles. The summed E-state index contributed by atoms with van der Waals surface area (Å²) in [5.41, 5.74) is 1.28. The summed E-state index contributed by atoms with van der Waals surface area (Å²) in [5, 5.41) is 0. The fraction of sp³-hybridized carbons (Fsp3) is 0.143. The van der Waals surface area contributed by atoms with Crippen molar-refractivity contribution in [3.8, 4) is 0 Å². The highest BCUT2D eigenvalue weighted by Crippen LogP contribution is 2.34. The van der Waals surface area contributed by atoms with Crippen molar-refractivity contribution in [2.24, 2.45) is 5.73 Å². The lowest BCUT2D eigenvalue weighted by Gasteiger charge is -2.26. The minimum Gasteiger partial charge on any atom is -0.366 e. The molecule has 2 heterocycles. The van der Waals surface area contributed by atoms with E-state index in [-0.39, 0.29) is 5.69 Å². The fourth-order valence-corrected chi connectivity index (χ4v) is 1.98. The van der Waals surface area contributed by atoms with Crippen molar-refractivity contribution < 1.29 is 31.1 Å². The second kappa shape index (κ2) is 6.02. The standard InChI is InChI=1S/C14H9F6N3O/c15-13(16,17)10-5-4-8(7-22-10)23-6-2-1-3-9(23)11(12(21)24)14(18,19)20/h1-7H,(H2,21,24)/b11-9-. The van der Waals surface area contributed by atoms with Gasteiger partial charge in [0.05, 0.1) is 17.6 Å². The van der Waals surface area contributed by atoms with Gasteiger partial charge in [-0.25, -0.2) is 4.98 Å². The molecule has 2 N–H and O–H groups in total. The van der Waals surface area contributed by atoms with E-state index in [9.17, 15) is 31.1 Å². The topological polar surface area (TPSA) is 59.2 Å². The second-order valence-corrected chi connectivity index (χ2v) is 4.59. The van der Waals surface area contributed by atoms with Gasteiger partial charge in [0, 0.05) is 6.20 Å². The van der Waals surface area contributed by atoms with E-state index in [1.807, 2.05) is 0 Å². The summed E-state index contributed by atoms with van der Waals surface area (Å²) < 4.78 is 76.7. The third kappa shape index (κ3) is 3.58. The van der Waals surface area contributed by atoms with Crippen LogP contribution < -0.4 is 10.6 Å². The molecule has 128 valence electrons. The van der Waals surface area contributed by atoms with Gasteiger partial charge in [0.1, 0.15) is 11.3 Å². The van der Waals surface area contributed by atoms with Gasteiger partial charge in [-0.3, -0.25) is 4.79 Å². The quantitative estimate of drug-likeness (QED) is 0.658. The Balaban J connectivity index is 2.53. The number of rotatable bonds is 2. The van der Waals surface area contributed by atoms with Gasteiger partial charge in [0.2, 0.25) is 0 Å². The average molecular weight is 349 g/mol. The second-order valence-electron chi connectivity index (χ2n) is 4.59. The van der Waals surface area contributed by atoms with E-state index in [0.29, 0.717) is 6.07 Å². The number of alkyl halides is 6. The molecule has 0 spiro atoms. The van der Waals surface area contributed by atoms with Crippen LogP contribution in [0.2, 0.25) is 0 Å². The highest BCUT2D eigenvalue weighted by molar-refractivity contribution is 5.95. The highest BCUT2D eigenvalue weighted by atomic mass is 19.4. The summed E-state index contributed by atoms with van der Waals surface area (Å²) in [5.74, 6) is -1.71. The van der Waals surface area contributed by atoms with Gasteiger partial charge in [-0.05, 0) is 24.3 Å². The molecule has 1 amide bonds. The Morgan fingerprint density at radius 1 is 1.08 bits per heavy atom. The third-order valence-electron chi connectivity index (χ3n) is 2.96. The lowest BCUT2D eigenvalue weighted by molar-refractivity contribution is -0.141. The molecule has 0 fully saturated rings. The van der Waals surface area contributed by atoms with Crippen LogP contribution in [-0.2, 0) is 11.0 Å². The van der Waals surface area contributed by atoms with Crippen LogP contribution in [0.3, 0.4) is 0 Å². The molecule has 0 radical (unpaired) electrons. The minimum atomic E-state index is -5.03. The van der Waals surface area contributed by atoms with Crippen molar-refractivity contribution in [3.05, 3.63) is 59.7 Å². The summed E-state index contributed by atoms with van der Waals surface area (Å²) in [6, 6.07) is 1.56. The molecule has 10 heteroatoms. The number of nitrogens with zero attached hydrogens (tertiary/aromatic N) is 2. The maximum Gasteiger partial charge on any atom is 0.433 e. The van der Waals surface area contributed by atoms with Crippen LogP contribution in [0.5, 0.6) is 0 Å². The fourth-order valence-electron chi connectivity index (χ4n) is 1.98. The molecule has 1 aliphatic rings. The van der Waals surface area contributed by atoms with E-state index >= 15 is 0 Å². The molecule has 0 aromatic carbocycles. The molecule has 1 aliphatic heterocycles. The first-order chi connectivity index (χ1) is 11.0. The maximum atomic E-state index is 13.1. The monoisotopic (exact) mass is 349 g/mol. The maximum absolute atomic E-state index is 13.1. The Labute approximate surface area is 131 Å². The Bertz CT molecular complexity index is 728. The number of allylic oxidation sites excluding steroid dienone is 3. The molecule has 24 heavy (non-hydrogen) atoms. The minimum absolute atomic E-state index is 0.0957. The Morgan fingerprint density at radius 3 is 2.21 bits per heavy atom. The zero-order valence-corrected chi connectivity index (χ0v) is 11.7. The summed E-state index contributed by atoms with van der Waals surface area (Å²) in [6.45, 7) is 0. The lowest BCUT2D eigenvalue weighted by Crippen LogP contribution is -2.32. The predicted molar refractivity (Wildman–Crippen MR) is 72.3 cm³/mol. The van der Waals surface area contributed by atoms with Crippen LogP contribution in [0.4, 0.5) is 32.0 Å². The van der Waals surface area contributed by atoms with Crippen LogP contribution in [0, 0.1) is 0 Å². The molecule has 0 bridgehead atoms. The van der Waals surface area contributed by atoms with Crippen molar-refractivity contribution in [3.63, 3.8) is 0 Å². The van der Waals surface area contributed by atoms with Crippen molar-refractivity contribution in [2.45, 2.75) is 12.4 Å². The molecule has 4 nitrogen and oxygen atoms in total. The van der Waals surface area contributed by atoms with E-state index in [4.69, 9.17) is 5.73 Å². The third-order valence-corrected chi connectivity index (χ3v) is 2.96. The van der Waals surface area contributed by atoms with Crippen LogP contribution in [0.1, 0.15) is 5.69 Å². The molecule has 0 saturated heterocycles. The Kier molecular flexibility index (Phi) is 4.41. The summed E-state index contributed by atoms with van der Waals surface area (Å²) in [7, 11) is 0. The number of nitrogens with two attached hydrogens (primary N) is 1. The van der Waals surface area contributed by atoms with Crippen molar-refractivity contribution in [1.82, 2.24) is 4.98 Å². The lowest BCUT2D eigenvalue weighted by atomic mass is 10.1. The molecule has 0 unspecified atom stereocenters. The van der Waals surface area contributed by atoms with Gasteiger partial charge < -0.3 is 10.6 Å². The molecule has 2 rings (SSSR count). The summed E-state index contributed by atoms with van der Waals surface area (Å²) >= 11 is 0. The SMILES string of the molecule is NC(=O)/C(=C1\C=CC=CN1c1ccc(C(F)(F)F)nc1)C(F)(F)F. The zero-order valence-electron chi connectivity index (χ0n) is 11.7. The van der Waals surface area contributed by atoms with Gasteiger partial charge in [-0.2, -0.15) is 26.3 Å². The van der Waals surface area contributed by atoms with E-state index in [1.165, 1.54) is 12.2 Å². The van der Waals surface area contributed by atoms with Crippen LogP contribution in [0.15, 0.2) is 54.0 Å². The van der Waals surface area contributed by atoms with Crippen LogP contribution in [0.25, 0.3) is 0 Å². The number of carbonyl (C=O) groups excluding carboxylic acids is 1. The smallest absolute Gasteiger partial charge is 0.366 e. The van der Waals surface area contributed by atoms with Gasteiger partial charge in [-0.15, -0.1) is 0 Å². The van der Waals surface area contributed by atoms with Crippen molar-refractivity contribution >= 4 is 11.6 Å². The van der Waals surface area contributed by atoms with E-state index in [0.717, 1.165) is 29.4 Å². The largest absolute Gasteiger partial charge is 0.433 e. The number of anilines is 1. The van der Waals surface area contributed by atoms with Crippen LogP contribution >= 0.6 is 0 Å². The van der Waals surface area contributed by atoms with Crippen molar-refractivity contribution in [2.75, 3.05) is 4.90 Å². The van der Waals surface area contributed by atoms with Gasteiger partial charge in [0.15, 0.2) is 0 Å². The number of pyridine rings is 1. The zero-order chi connectivity index (χ0) is 18.1. The number of primary amides is 1. The Hall–Kier alpha value is -2.78. The van der Waals surface area contributed by atoms with Gasteiger partial charge >= 0.3 is 12.4 Å². The number of halogens is 6. The first-order valence-electron chi connectivity index (χ1n) is 6.30. The van der Waals surface area contributed by atoms with E-state index in [2.05, 4.69) is 4.98 Å². The molecule has 0 saturated carbocycles. The summed E-state index contributed by atoms with van der Waals surface area (Å²) in [4.78, 5) is 15.3. The Morgan fingerprint density at radius 2 is 1.75 bits per heavy atom. The molecule has 1 aromatic rings. The molecule has 0 atom stereocenters. The highest BCUT2D eigenvalue weighted by Gasteiger charge is 2.41. The van der Waals surface area contributed by atoms with Gasteiger partial charge in [0.25, 0.3) is 5.91 Å². The number of hydrogen-bond acceptors (Lipinski definition) is 3. The predicted octanol–water partition coefficient (Wildman–Crippen LogP) is 3.29. The van der Waals surface area contributed by atoms with Crippen LogP contribution in [-0.4, -0.2) is 17.1 Å². The van der Waals surface area contributed by atoms with Gasteiger partial charge in [-0.1, -0.05) is 6.08 Å². The summed E-state index contributed by atoms with van der Waals surface area (Å²) in [6.07, 6.45) is -4.26. The first kappa shape index (κ1) is 17.6. The van der Waals surface area contributed by atoms with Crippen molar-refractivity contribution in [1.29, 1.82) is 0 Å². The average Bonchev–Trinajstić information content (AvgIpc) is 2.45. The van der Waals surface area contributed by atoms with E-state index < -0.39 is 35.2 Å². The molecular formula is C14H9F6N3O. The number of hydrogen-bond donors (Lipinski definition) is 1. The first-order valence-corrected chi connectivity index (χ1v) is 6.30. The molecule has 0 aliphatic carbocycles. The van der Waals surface area contributed by atoms with E-state index in [1.54, 1.807) is 0 Å². The molecular weight excluding hydrogens is 340 g/mol.